The number of aromatic amines is 1. The van der Waals surface area contributed by atoms with Crippen LogP contribution in [0.3, 0.4) is 0 Å². The third kappa shape index (κ3) is 5.77. The topological polar surface area (TPSA) is 138 Å². The average Bonchev–Trinajstić information content (AvgIpc) is 3.31. The maximum absolute atomic E-state index is 13.7. The summed E-state index contributed by atoms with van der Waals surface area (Å²) in [6.45, 7) is 1.26. The molecular weight excluding hydrogens is 477 g/mol. The summed E-state index contributed by atoms with van der Waals surface area (Å²) in [5, 5.41) is 4.18. The zero-order valence-electron chi connectivity index (χ0n) is 19.0. The lowest BCUT2D eigenvalue weighted by Crippen LogP contribution is -2.35. The van der Waals surface area contributed by atoms with E-state index in [2.05, 4.69) is 10.1 Å². The number of carbonyl (C=O) groups is 1. The molecule has 35 heavy (non-hydrogen) atoms. The number of nitrogens with one attached hydrogen (secondary N) is 2. The zero-order chi connectivity index (χ0) is 25.0. The fourth-order valence-electron chi connectivity index (χ4n) is 3.50. The molecule has 2 aromatic carbocycles. The summed E-state index contributed by atoms with van der Waals surface area (Å²) in [7, 11) is -2.89. The maximum Gasteiger partial charge on any atom is 0.459 e. The van der Waals surface area contributed by atoms with Gasteiger partial charge in [-0.2, -0.15) is 5.09 Å². The van der Waals surface area contributed by atoms with Crippen LogP contribution in [0.1, 0.15) is 13.2 Å². The lowest BCUT2D eigenvalue weighted by atomic mass is 10.1. The lowest BCUT2D eigenvalue weighted by Gasteiger charge is -2.24. The summed E-state index contributed by atoms with van der Waals surface area (Å²) in [6, 6.07) is 12.9. The van der Waals surface area contributed by atoms with Crippen molar-refractivity contribution in [1.29, 1.82) is 0 Å². The van der Waals surface area contributed by atoms with Crippen LogP contribution in [0.15, 0.2) is 76.5 Å². The second-order valence-electron chi connectivity index (χ2n) is 7.70. The van der Waals surface area contributed by atoms with Crippen LogP contribution >= 0.6 is 7.75 Å². The highest BCUT2D eigenvalue weighted by molar-refractivity contribution is 7.52. The summed E-state index contributed by atoms with van der Waals surface area (Å²) in [5.74, 6) is -0.346. The Morgan fingerprint density at radius 2 is 1.94 bits per heavy atom. The van der Waals surface area contributed by atoms with Gasteiger partial charge in [-0.3, -0.25) is 23.7 Å². The van der Waals surface area contributed by atoms with Crippen molar-refractivity contribution in [1.82, 2.24) is 14.6 Å². The Labute approximate surface area is 199 Å². The van der Waals surface area contributed by atoms with Gasteiger partial charge in [0.25, 0.3) is 5.56 Å². The van der Waals surface area contributed by atoms with Crippen LogP contribution in [-0.2, 0) is 23.4 Å². The quantitative estimate of drug-likeness (QED) is 0.257. The van der Waals surface area contributed by atoms with Gasteiger partial charge < -0.3 is 14.0 Å². The number of fused-ring (bicyclic) bond motifs is 1. The number of methoxy groups -OCH3 is 1. The number of rotatable bonds is 9. The largest absolute Gasteiger partial charge is 0.468 e. The fraction of sp³-hybridized carbons (Fsp3) is 0.261. The van der Waals surface area contributed by atoms with E-state index >= 15 is 0 Å². The Morgan fingerprint density at radius 3 is 2.71 bits per heavy atom. The highest BCUT2D eigenvalue weighted by Gasteiger charge is 2.34. The number of nitrogens with zero attached hydrogens (tertiary/aromatic N) is 1. The zero-order valence-corrected chi connectivity index (χ0v) is 19.8. The molecular formula is C23H24N3O8P. The molecule has 1 aromatic heterocycles. The normalized spacial score (nSPS) is 19.8. The third-order valence-electron chi connectivity index (χ3n) is 5.21. The van der Waals surface area contributed by atoms with Crippen molar-refractivity contribution in [3.63, 3.8) is 0 Å². The van der Waals surface area contributed by atoms with Crippen molar-refractivity contribution >= 4 is 24.5 Å². The number of hydrogen-bond acceptors (Lipinski definition) is 8. The summed E-state index contributed by atoms with van der Waals surface area (Å²) < 4.78 is 36.9. The number of esters is 1. The molecule has 0 bridgehead atoms. The van der Waals surface area contributed by atoms with Gasteiger partial charge in [0, 0.05) is 17.6 Å². The first-order valence-corrected chi connectivity index (χ1v) is 12.2. The summed E-state index contributed by atoms with van der Waals surface area (Å²) in [5.41, 5.74) is -1.15. The monoisotopic (exact) mass is 501 g/mol. The van der Waals surface area contributed by atoms with Crippen molar-refractivity contribution in [2.24, 2.45) is 0 Å². The van der Waals surface area contributed by atoms with Crippen LogP contribution in [-0.4, -0.2) is 41.4 Å². The smallest absolute Gasteiger partial charge is 0.459 e. The van der Waals surface area contributed by atoms with E-state index in [9.17, 15) is 18.9 Å². The predicted octanol–water partition coefficient (Wildman–Crippen LogP) is 2.50. The molecule has 2 heterocycles. The van der Waals surface area contributed by atoms with E-state index in [-0.39, 0.29) is 6.61 Å². The predicted molar refractivity (Wildman–Crippen MR) is 127 cm³/mol. The Kier molecular flexibility index (Phi) is 7.32. The molecule has 2 unspecified atom stereocenters. The fourth-order valence-corrected chi connectivity index (χ4v) is 5.02. The molecule has 0 spiro atoms. The highest BCUT2D eigenvalue weighted by atomic mass is 31.2. The van der Waals surface area contributed by atoms with Gasteiger partial charge in [0.2, 0.25) is 0 Å². The van der Waals surface area contributed by atoms with E-state index < -0.39 is 43.3 Å². The Balaban J connectivity index is 1.51. The van der Waals surface area contributed by atoms with E-state index in [0.29, 0.717) is 11.1 Å². The van der Waals surface area contributed by atoms with Gasteiger partial charge in [-0.05, 0) is 24.5 Å². The molecule has 0 amide bonds. The molecule has 0 fully saturated rings. The Bertz CT molecular complexity index is 1410. The van der Waals surface area contributed by atoms with Crippen LogP contribution in [0, 0.1) is 0 Å². The molecule has 12 heteroatoms. The van der Waals surface area contributed by atoms with Crippen molar-refractivity contribution in [2.45, 2.75) is 25.3 Å². The van der Waals surface area contributed by atoms with Crippen LogP contribution in [0.25, 0.3) is 10.8 Å². The number of aromatic nitrogens is 2. The standard InChI is InChI=1S/C23H24N3O8P/c1-15(22(28)31-2)25-35(30,34-19-9-5-7-16-6-3-4-8-18(16)19)32-14-17-10-11-21(33-17)26-13-12-20(27)24-23(26)29/h3-13,15,17,21H,14H2,1-2H3,(H,25,30)(H,24,27,29)/t15-,17-,21?,35?/m0/s1. The van der Waals surface area contributed by atoms with E-state index in [1.54, 1.807) is 24.3 Å². The third-order valence-corrected chi connectivity index (χ3v) is 6.84. The van der Waals surface area contributed by atoms with E-state index in [4.69, 9.17) is 18.5 Å². The van der Waals surface area contributed by atoms with Gasteiger partial charge in [-0.25, -0.2) is 9.36 Å². The van der Waals surface area contributed by atoms with Gasteiger partial charge in [-0.15, -0.1) is 0 Å². The molecule has 0 radical (unpaired) electrons. The molecule has 1 aliphatic heterocycles. The van der Waals surface area contributed by atoms with Gasteiger partial charge in [0.05, 0.1) is 13.7 Å². The molecule has 11 nitrogen and oxygen atoms in total. The van der Waals surface area contributed by atoms with Crippen LogP contribution < -0.4 is 20.9 Å². The molecule has 0 saturated carbocycles. The molecule has 0 saturated heterocycles. The molecule has 2 N–H and O–H groups in total. The summed E-state index contributed by atoms with van der Waals surface area (Å²) in [6.07, 6.45) is 3.09. The van der Waals surface area contributed by atoms with Crippen molar-refractivity contribution in [3.05, 3.63) is 87.7 Å². The SMILES string of the molecule is COC(=O)[C@H](C)NP(=O)(OC[C@@H]1C=CC(n2ccc(=O)[nH]c2=O)O1)Oc1cccc2ccccc12. The maximum atomic E-state index is 13.7. The summed E-state index contributed by atoms with van der Waals surface area (Å²) >= 11 is 0. The van der Waals surface area contributed by atoms with Crippen molar-refractivity contribution in [2.75, 3.05) is 13.7 Å². The van der Waals surface area contributed by atoms with Gasteiger partial charge in [0.15, 0.2) is 6.23 Å². The minimum Gasteiger partial charge on any atom is -0.468 e. The minimum absolute atomic E-state index is 0.214. The lowest BCUT2D eigenvalue weighted by molar-refractivity contribution is -0.142. The average molecular weight is 501 g/mol. The van der Waals surface area contributed by atoms with Gasteiger partial charge >= 0.3 is 19.4 Å². The Hall–Kier alpha value is -3.50. The van der Waals surface area contributed by atoms with Gasteiger partial charge in [-0.1, -0.05) is 42.5 Å². The molecule has 4 rings (SSSR count). The minimum atomic E-state index is -4.11. The van der Waals surface area contributed by atoms with E-state index in [1.165, 1.54) is 30.9 Å². The molecule has 1 aliphatic rings. The van der Waals surface area contributed by atoms with Crippen LogP contribution in [0.4, 0.5) is 0 Å². The van der Waals surface area contributed by atoms with Crippen LogP contribution in [0.5, 0.6) is 5.75 Å². The number of hydrogen-bond donors (Lipinski definition) is 2. The highest BCUT2D eigenvalue weighted by Crippen LogP contribution is 2.47. The second-order valence-corrected chi connectivity index (χ2v) is 9.40. The number of carbonyl (C=O) groups excluding carboxylic acids is 1. The summed E-state index contributed by atoms with van der Waals surface area (Å²) in [4.78, 5) is 37.4. The van der Waals surface area contributed by atoms with Crippen molar-refractivity contribution in [3.8, 4) is 5.75 Å². The number of H-pyrrole nitrogens is 1. The molecule has 3 aromatic rings. The van der Waals surface area contributed by atoms with Gasteiger partial charge in [0.1, 0.15) is 17.9 Å². The first-order chi connectivity index (χ1) is 16.8. The van der Waals surface area contributed by atoms with E-state index in [1.807, 2.05) is 30.3 Å². The van der Waals surface area contributed by atoms with Crippen LogP contribution in [0.2, 0.25) is 0 Å². The first kappa shape index (κ1) is 24.6. The second kappa shape index (κ2) is 10.4. The molecule has 0 aliphatic carbocycles. The first-order valence-electron chi connectivity index (χ1n) is 10.7. The Morgan fingerprint density at radius 1 is 1.17 bits per heavy atom. The van der Waals surface area contributed by atoms with Crippen molar-refractivity contribution < 1.29 is 27.9 Å². The molecule has 184 valence electrons. The number of benzene rings is 2. The van der Waals surface area contributed by atoms with E-state index in [0.717, 1.165) is 5.39 Å². The molecule has 4 atom stereocenters. The number of ether oxygens (including phenoxy) is 2.